The first-order chi connectivity index (χ1) is 7.25. The first-order valence-corrected chi connectivity index (χ1v) is 5.62. The van der Waals surface area contributed by atoms with Crippen LogP contribution in [0.3, 0.4) is 0 Å². The molecule has 6 heteroatoms. The average Bonchev–Trinajstić information content (AvgIpc) is 2.63. The second-order valence-corrected chi connectivity index (χ2v) is 4.31. The molecule has 0 aliphatic heterocycles. The van der Waals surface area contributed by atoms with E-state index in [1.807, 2.05) is 12.3 Å². The highest BCUT2D eigenvalue weighted by Gasteiger charge is 2.02. The summed E-state index contributed by atoms with van der Waals surface area (Å²) in [5.41, 5.74) is 1.03. The minimum atomic E-state index is 0.519. The lowest BCUT2D eigenvalue weighted by molar-refractivity contribution is 1.04. The fourth-order valence-electron chi connectivity index (χ4n) is 1.09. The van der Waals surface area contributed by atoms with E-state index in [0.29, 0.717) is 17.4 Å². The number of aryl methyl sites for hydroxylation is 1. The Kier molecular flexibility index (Phi) is 3.13. The number of hydrogen-bond donors (Lipinski definition) is 1. The second kappa shape index (κ2) is 4.55. The number of halogens is 1. The molecule has 0 spiro atoms. The van der Waals surface area contributed by atoms with Gasteiger partial charge < -0.3 is 5.32 Å². The van der Waals surface area contributed by atoms with E-state index >= 15 is 0 Å². The number of rotatable bonds is 3. The molecule has 0 fully saturated rings. The van der Waals surface area contributed by atoms with Crippen LogP contribution in [0.2, 0.25) is 5.02 Å². The molecule has 0 saturated heterocycles. The van der Waals surface area contributed by atoms with E-state index < -0.39 is 0 Å². The van der Waals surface area contributed by atoms with Crippen LogP contribution in [-0.2, 0) is 6.54 Å². The van der Waals surface area contributed by atoms with Crippen molar-refractivity contribution in [2.75, 3.05) is 5.32 Å². The zero-order valence-electron chi connectivity index (χ0n) is 8.07. The van der Waals surface area contributed by atoms with Crippen molar-refractivity contribution in [2.24, 2.45) is 0 Å². The first-order valence-electron chi connectivity index (χ1n) is 4.36. The van der Waals surface area contributed by atoms with E-state index in [2.05, 4.69) is 20.3 Å². The first kappa shape index (κ1) is 10.3. The van der Waals surface area contributed by atoms with Crippen molar-refractivity contribution in [3.63, 3.8) is 0 Å². The van der Waals surface area contributed by atoms with Gasteiger partial charge in [0.25, 0.3) is 0 Å². The van der Waals surface area contributed by atoms with Crippen molar-refractivity contribution in [3.8, 4) is 0 Å². The van der Waals surface area contributed by atoms with Crippen molar-refractivity contribution in [3.05, 3.63) is 33.6 Å². The summed E-state index contributed by atoms with van der Waals surface area (Å²) in [6.07, 6.45) is 3.02. The maximum atomic E-state index is 5.89. The second-order valence-electron chi connectivity index (χ2n) is 2.96. The van der Waals surface area contributed by atoms with Crippen molar-refractivity contribution in [1.82, 2.24) is 15.0 Å². The Morgan fingerprint density at radius 3 is 3.07 bits per heavy atom. The Bertz CT molecular complexity index is 457. The molecular formula is C9H9ClN4S. The van der Waals surface area contributed by atoms with Crippen molar-refractivity contribution in [1.29, 1.82) is 0 Å². The molecule has 0 atom stereocenters. The van der Waals surface area contributed by atoms with E-state index in [-0.39, 0.29) is 0 Å². The molecule has 0 aromatic carbocycles. The van der Waals surface area contributed by atoms with Crippen LogP contribution in [-0.4, -0.2) is 15.0 Å². The summed E-state index contributed by atoms with van der Waals surface area (Å²) in [4.78, 5) is 12.2. The third kappa shape index (κ3) is 2.64. The number of aromatic nitrogens is 3. The zero-order chi connectivity index (χ0) is 10.7. The molecule has 78 valence electrons. The monoisotopic (exact) mass is 240 g/mol. The lowest BCUT2D eigenvalue weighted by Gasteiger charge is -2.03. The number of hydrogen-bond acceptors (Lipinski definition) is 5. The SMILES string of the molecule is Cc1csc(CNc2ncncc2Cl)n1. The Morgan fingerprint density at radius 2 is 2.40 bits per heavy atom. The van der Waals surface area contributed by atoms with Gasteiger partial charge in [-0.15, -0.1) is 11.3 Å². The fraction of sp³-hybridized carbons (Fsp3) is 0.222. The minimum Gasteiger partial charge on any atom is -0.362 e. The van der Waals surface area contributed by atoms with Crippen molar-refractivity contribution < 1.29 is 0 Å². The number of anilines is 1. The predicted octanol–water partition coefficient (Wildman–Crippen LogP) is 2.51. The fourth-order valence-corrected chi connectivity index (χ4v) is 1.97. The van der Waals surface area contributed by atoms with Gasteiger partial charge in [-0.2, -0.15) is 0 Å². The molecule has 0 saturated carbocycles. The largest absolute Gasteiger partial charge is 0.362 e. The molecule has 0 unspecified atom stereocenters. The van der Waals surface area contributed by atoms with Crippen LogP contribution in [0.4, 0.5) is 5.82 Å². The number of thiazole rings is 1. The quantitative estimate of drug-likeness (QED) is 0.896. The molecule has 0 aliphatic rings. The number of nitrogens with one attached hydrogen (secondary N) is 1. The Morgan fingerprint density at radius 1 is 1.53 bits per heavy atom. The van der Waals surface area contributed by atoms with Crippen LogP contribution in [0.15, 0.2) is 17.9 Å². The summed E-state index contributed by atoms with van der Waals surface area (Å²) in [7, 11) is 0. The van der Waals surface area contributed by atoms with Gasteiger partial charge in [0.1, 0.15) is 22.2 Å². The maximum absolute atomic E-state index is 5.89. The Balaban J connectivity index is 2.02. The number of nitrogens with zero attached hydrogens (tertiary/aromatic N) is 3. The molecule has 2 aromatic rings. The molecule has 1 N–H and O–H groups in total. The van der Waals surface area contributed by atoms with Gasteiger partial charge in [-0.3, -0.25) is 0 Å². The van der Waals surface area contributed by atoms with E-state index in [9.17, 15) is 0 Å². The Hall–Kier alpha value is -1.20. The zero-order valence-corrected chi connectivity index (χ0v) is 9.64. The molecule has 0 aliphatic carbocycles. The van der Waals surface area contributed by atoms with Crippen LogP contribution in [0.25, 0.3) is 0 Å². The van der Waals surface area contributed by atoms with Crippen LogP contribution < -0.4 is 5.32 Å². The smallest absolute Gasteiger partial charge is 0.148 e. The highest BCUT2D eigenvalue weighted by Crippen LogP contribution is 2.17. The van der Waals surface area contributed by atoms with Crippen LogP contribution >= 0.6 is 22.9 Å². The standard InChI is InChI=1S/C9H9ClN4S/c1-6-4-15-8(14-6)3-12-9-7(10)2-11-5-13-9/h2,4-5H,3H2,1H3,(H,11,12,13). The molecule has 0 amide bonds. The minimum absolute atomic E-state index is 0.519. The molecule has 2 rings (SSSR count). The van der Waals surface area contributed by atoms with Gasteiger partial charge >= 0.3 is 0 Å². The summed E-state index contributed by atoms with van der Waals surface area (Å²) in [5.74, 6) is 0.638. The van der Waals surface area contributed by atoms with Gasteiger partial charge in [0.05, 0.1) is 12.7 Å². The van der Waals surface area contributed by atoms with Crippen LogP contribution in [0, 0.1) is 6.92 Å². The predicted molar refractivity (Wildman–Crippen MR) is 61.2 cm³/mol. The van der Waals surface area contributed by atoms with E-state index in [4.69, 9.17) is 11.6 Å². The molecule has 0 radical (unpaired) electrons. The highest BCUT2D eigenvalue weighted by atomic mass is 35.5. The summed E-state index contributed by atoms with van der Waals surface area (Å²) < 4.78 is 0. The van der Waals surface area contributed by atoms with E-state index in [1.54, 1.807) is 17.5 Å². The van der Waals surface area contributed by atoms with Gasteiger partial charge in [0.2, 0.25) is 0 Å². The normalized spacial score (nSPS) is 10.3. The lowest BCUT2D eigenvalue weighted by Crippen LogP contribution is -2.01. The van der Waals surface area contributed by atoms with Crippen LogP contribution in [0.5, 0.6) is 0 Å². The summed E-state index contributed by atoms with van der Waals surface area (Å²) in [6.45, 7) is 2.60. The molecule has 2 heterocycles. The maximum Gasteiger partial charge on any atom is 0.148 e. The van der Waals surface area contributed by atoms with E-state index in [1.165, 1.54) is 6.33 Å². The molecule has 0 bridgehead atoms. The molecule has 15 heavy (non-hydrogen) atoms. The molecule has 2 aromatic heterocycles. The Labute approximate surface area is 96.4 Å². The third-order valence-electron chi connectivity index (χ3n) is 1.74. The van der Waals surface area contributed by atoms with Gasteiger partial charge in [0.15, 0.2) is 0 Å². The topological polar surface area (TPSA) is 50.7 Å². The van der Waals surface area contributed by atoms with E-state index in [0.717, 1.165) is 10.7 Å². The average molecular weight is 241 g/mol. The van der Waals surface area contributed by atoms with Crippen molar-refractivity contribution >= 4 is 28.8 Å². The summed E-state index contributed by atoms with van der Waals surface area (Å²) in [5, 5.41) is 6.66. The van der Waals surface area contributed by atoms with Crippen molar-refractivity contribution in [2.45, 2.75) is 13.5 Å². The van der Waals surface area contributed by atoms with Gasteiger partial charge in [-0.1, -0.05) is 11.6 Å². The molecular weight excluding hydrogens is 232 g/mol. The highest BCUT2D eigenvalue weighted by molar-refractivity contribution is 7.09. The van der Waals surface area contributed by atoms with Crippen LogP contribution in [0.1, 0.15) is 10.7 Å². The molecule has 4 nitrogen and oxygen atoms in total. The summed E-state index contributed by atoms with van der Waals surface area (Å²) >= 11 is 7.51. The lowest BCUT2D eigenvalue weighted by atomic mass is 10.5. The third-order valence-corrected chi connectivity index (χ3v) is 2.98. The van der Waals surface area contributed by atoms with Gasteiger partial charge in [-0.25, -0.2) is 15.0 Å². The van der Waals surface area contributed by atoms with Gasteiger partial charge in [-0.05, 0) is 6.92 Å². The van der Waals surface area contributed by atoms with Gasteiger partial charge in [0, 0.05) is 11.1 Å². The summed E-state index contributed by atoms with van der Waals surface area (Å²) in [6, 6.07) is 0.